The number of benzene rings is 2. The van der Waals surface area contributed by atoms with Crippen molar-refractivity contribution in [3.63, 3.8) is 0 Å². The fourth-order valence-corrected chi connectivity index (χ4v) is 3.71. The number of ether oxygens (including phenoxy) is 1. The van der Waals surface area contributed by atoms with Crippen molar-refractivity contribution in [2.75, 3.05) is 13.1 Å². The molecule has 3 aromatic rings. The van der Waals surface area contributed by atoms with E-state index in [1.807, 2.05) is 59.4 Å². The van der Waals surface area contributed by atoms with E-state index in [9.17, 15) is 13.2 Å². The van der Waals surface area contributed by atoms with Crippen LogP contribution in [0, 0.1) is 6.92 Å². The molecular formula is C23H23ClF3N3O3. The molecular weight excluding hydrogens is 459 g/mol. The van der Waals surface area contributed by atoms with Crippen LogP contribution in [0.1, 0.15) is 18.4 Å². The molecule has 1 aliphatic heterocycles. The van der Waals surface area contributed by atoms with Crippen LogP contribution in [0.3, 0.4) is 0 Å². The summed E-state index contributed by atoms with van der Waals surface area (Å²) in [6, 6.07) is 16.1. The van der Waals surface area contributed by atoms with E-state index in [2.05, 4.69) is 17.3 Å². The Morgan fingerprint density at radius 1 is 1.18 bits per heavy atom. The molecule has 1 saturated heterocycles. The Hall–Kier alpha value is -3.04. The fraction of sp³-hybridized carbons (Fsp3) is 0.304. The van der Waals surface area contributed by atoms with Crippen LogP contribution in [0.4, 0.5) is 13.2 Å². The summed E-state index contributed by atoms with van der Waals surface area (Å²) >= 11 is 6.38. The van der Waals surface area contributed by atoms with E-state index in [-0.39, 0.29) is 6.10 Å². The van der Waals surface area contributed by atoms with Gasteiger partial charge in [-0.1, -0.05) is 29.8 Å². The van der Waals surface area contributed by atoms with Gasteiger partial charge in [-0.2, -0.15) is 18.3 Å². The summed E-state index contributed by atoms with van der Waals surface area (Å²) in [5, 5.41) is 15.7. The fourth-order valence-electron chi connectivity index (χ4n) is 3.44. The van der Waals surface area contributed by atoms with E-state index in [1.165, 1.54) is 0 Å². The molecule has 0 amide bonds. The van der Waals surface area contributed by atoms with Gasteiger partial charge in [-0.15, -0.1) is 0 Å². The van der Waals surface area contributed by atoms with Crippen LogP contribution >= 0.6 is 11.6 Å². The molecule has 0 aliphatic carbocycles. The summed E-state index contributed by atoms with van der Waals surface area (Å²) in [6.45, 7) is 4.04. The van der Waals surface area contributed by atoms with E-state index >= 15 is 0 Å². The van der Waals surface area contributed by atoms with E-state index in [0.29, 0.717) is 5.02 Å². The quantitative estimate of drug-likeness (QED) is 0.531. The molecule has 0 saturated carbocycles. The van der Waals surface area contributed by atoms with Crippen LogP contribution in [0.2, 0.25) is 5.02 Å². The standard InChI is InChI=1S/C21H22ClN3O.C2HF3O2/c1-15-13-16(22)14-19(21(15)26-18-7-10-23-11-8-18)20-9-12-24-25(20)17-5-3-2-4-6-17;3-2(4,5)1(6)7/h2-6,9,12-14,18,23H,7-8,10-11H2,1H3;(H,6,7). The molecule has 33 heavy (non-hydrogen) atoms. The molecule has 0 bridgehead atoms. The van der Waals surface area contributed by atoms with Crippen molar-refractivity contribution in [2.24, 2.45) is 0 Å². The number of nitrogens with one attached hydrogen (secondary N) is 1. The number of piperidine rings is 1. The zero-order chi connectivity index (χ0) is 24.0. The molecule has 2 N–H and O–H groups in total. The number of para-hydroxylation sites is 1. The number of carbonyl (C=O) groups is 1. The molecule has 1 aliphatic rings. The number of hydrogen-bond donors (Lipinski definition) is 2. The second-order valence-corrected chi connectivity index (χ2v) is 7.87. The highest BCUT2D eigenvalue weighted by atomic mass is 35.5. The number of carboxylic acids is 1. The van der Waals surface area contributed by atoms with Gasteiger partial charge < -0.3 is 15.2 Å². The molecule has 176 valence electrons. The number of aryl methyl sites for hydroxylation is 1. The second-order valence-electron chi connectivity index (χ2n) is 7.43. The van der Waals surface area contributed by atoms with E-state index in [4.69, 9.17) is 26.2 Å². The number of rotatable bonds is 4. The number of halogens is 4. The number of aliphatic carboxylic acids is 1. The van der Waals surface area contributed by atoms with Crippen LogP contribution < -0.4 is 10.1 Å². The lowest BCUT2D eigenvalue weighted by Crippen LogP contribution is -2.34. The zero-order valence-electron chi connectivity index (χ0n) is 17.8. The highest BCUT2D eigenvalue weighted by molar-refractivity contribution is 6.31. The first-order chi connectivity index (χ1) is 15.7. The summed E-state index contributed by atoms with van der Waals surface area (Å²) in [5.41, 5.74) is 4.02. The van der Waals surface area contributed by atoms with Gasteiger partial charge >= 0.3 is 12.1 Å². The average molecular weight is 482 g/mol. The molecule has 10 heteroatoms. The van der Waals surface area contributed by atoms with Crippen molar-refractivity contribution in [2.45, 2.75) is 32.0 Å². The molecule has 0 radical (unpaired) electrons. The minimum atomic E-state index is -5.08. The van der Waals surface area contributed by atoms with Gasteiger partial charge in [0.1, 0.15) is 11.9 Å². The zero-order valence-corrected chi connectivity index (χ0v) is 18.5. The third-order valence-corrected chi connectivity index (χ3v) is 5.19. The Bertz CT molecular complexity index is 1080. The first-order valence-corrected chi connectivity index (χ1v) is 10.6. The van der Waals surface area contributed by atoms with Crippen molar-refractivity contribution in [1.82, 2.24) is 15.1 Å². The van der Waals surface area contributed by atoms with E-state index in [0.717, 1.165) is 54.2 Å². The van der Waals surface area contributed by atoms with Crippen LogP contribution in [-0.2, 0) is 4.79 Å². The first kappa shape index (κ1) is 24.6. The second kappa shape index (κ2) is 10.7. The molecule has 0 spiro atoms. The van der Waals surface area contributed by atoms with Gasteiger partial charge in [-0.05, 0) is 68.8 Å². The Kier molecular flexibility index (Phi) is 7.99. The van der Waals surface area contributed by atoms with Crippen LogP contribution in [0.15, 0.2) is 54.7 Å². The van der Waals surface area contributed by atoms with Gasteiger partial charge in [-0.25, -0.2) is 9.48 Å². The third kappa shape index (κ3) is 6.49. The van der Waals surface area contributed by atoms with Gasteiger partial charge in [0.15, 0.2) is 0 Å². The summed E-state index contributed by atoms with van der Waals surface area (Å²) < 4.78 is 40.1. The molecule has 0 unspecified atom stereocenters. The van der Waals surface area contributed by atoms with Crippen molar-refractivity contribution in [1.29, 1.82) is 0 Å². The molecule has 6 nitrogen and oxygen atoms in total. The third-order valence-electron chi connectivity index (χ3n) is 4.97. The van der Waals surface area contributed by atoms with Crippen molar-refractivity contribution in [3.8, 4) is 22.7 Å². The summed E-state index contributed by atoms with van der Waals surface area (Å²) in [5.74, 6) is -1.86. The lowest BCUT2D eigenvalue weighted by Gasteiger charge is -2.26. The summed E-state index contributed by atoms with van der Waals surface area (Å²) in [6.07, 6.45) is -1.02. The summed E-state index contributed by atoms with van der Waals surface area (Å²) in [4.78, 5) is 8.90. The number of nitrogens with zero attached hydrogens (tertiary/aromatic N) is 2. The maximum absolute atomic E-state index is 10.6. The maximum Gasteiger partial charge on any atom is 0.490 e. The molecule has 2 aromatic carbocycles. The monoisotopic (exact) mass is 481 g/mol. The number of hydrogen-bond acceptors (Lipinski definition) is 4. The van der Waals surface area contributed by atoms with Crippen molar-refractivity contribution in [3.05, 3.63) is 65.3 Å². The highest BCUT2D eigenvalue weighted by Crippen LogP contribution is 2.38. The minimum absolute atomic E-state index is 0.225. The minimum Gasteiger partial charge on any atom is -0.489 e. The summed E-state index contributed by atoms with van der Waals surface area (Å²) in [7, 11) is 0. The predicted octanol–water partition coefficient (Wildman–Crippen LogP) is 5.27. The highest BCUT2D eigenvalue weighted by Gasteiger charge is 2.38. The normalized spacial score (nSPS) is 14.3. The van der Waals surface area contributed by atoms with Crippen LogP contribution in [0.25, 0.3) is 16.9 Å². The molecule has 0 atom stereocenters. The van der Waals surface area contributed by atoms with Gasteiger partial charge in [0.25, 0.3) is 0 Å². The van der Waals surface area contributed by atoms with Gasteiger partial charge in [0.05, 0.1) is 17.6 Å². The molecule has 1 aromatic heterocycles. The topological polar surface area (TPSA) is 76.4 Å². The Morgan fingerprint density at radius 3 is 2.42 bits per heavy atom. The van der Waals surface area contributed by atoms with Gasteiger partial charge in [-0.3, -0.25) is 0 Å². The molecule has 1 fully saturated rings. The molecule has 4 rings (SSSR count). The largest absolute Gasteiger partial charge is 0.490 e. The van der Waals surface area contributed by atoms with E-state index < -0.39 is 12.1 Å². The SMILES string of the molecule is Cc1cc(Cl)cc(-c2ccnn2-c2ccccc2)c1OC1CCNCC1.O=C(O)C(F)(F)F. The smallest absolute Gasteiger partial charge is 0.489 e. The molecule has 2 heterocycles. The Labute approximate surface area is 193 Å². The number of aromatic nitrogens is 2. The lowest BCUT2D eigenvalue weighted by molar-refractivity contribution is -0.192. The number of alkyl halides is 3. The van der Waals surface area contributed by atoms with Crippen LogP contribution in [0.5, 0.6) is 5.75 Å². The Morgan fingerprint density at radius 2 is 1.82 bits per heavy atom. The van der Waals surface area contributed by atoms with Crippen molar-refractivity contribution < 1.29 is 27.8 Å². The first-order valence-electron chi connectivity index (χ1n) is 10.2. The van der Waals surface area contributed by atoms with Gasteiger partial charge in [0.2, 0.25) is 0 Å². The number of carboxylic acid groups (broad SMARTS) is 1. The van der Waals surface area contributed by atoms with E-state index in [1.54, 1.807) is 0 Å². The van der Waals surface area contributed by atoms with Gasteiger partial charge in [0, 0.05) is 10.6 Å². The van der Waals surface area contributed by atoms with Crippen LogP contribution in [-0.4, -0.2) is 46.2 Å². The maximum atomic E-state index is 10.6. The lowest BCUT2D eigenvalue weighted by atomic mass is 10.0. The Balaban J connectivity index is 0.000000383. The van der Waals surface area contributed by atoms with Crippen molar-refractivity contribution >= 4 is 17.6 Å². The predicted molar refractivity (Wildman–Crippen MR) is 119 cm³/mol. The average Bonchev–Trinajstić information content (AvgIpc) is 3.26.